The first-order valence-electron chi connectivity index (χ1n) is 4.31. The summed E-state index contributed by atoms with van der Waals surface area (Å²) in [6, 6.07) is 6.90. The summed E-state index contributed by atoms with van der Waals surface area (Å²) in [5.74, 6) is -0.203. The Morgan fingerprint density at radius 1 is 1.33 bits per heavy atom. The summed E-state index contributed by atoms with van der Waals surface area (Å²) in [7, 11) is 0. The van der Waals surface area contributed by atoms with Gasteiger partial charge < -0.3 is 5.32 Å². The number of anilines is 1. The third-order valence-corrected chi connectivity index (χ3v) is 2.11. The zero-order valence-corrected chi connectivity index (χ0v) is 8.45. The molecule has 2 aromatic rings. The number of aromatic nitrogens is 2. The van der Waals surface area contributed by atoms with E-state index in [1.165, 1.54) is 12.4 Å². The van der Waals surface area contributed by atoms with Crippen LogP contribution in [0.3, 0.4) is 0 Å². The van der Waals surface area contributed by atoms with Crippen LogP contribution in [0.1, 0.15) is 10.4 Å². The molecule has 1 amide bonds. The normalized spacial score (nSPS) is 9.93. The molecule has 2 N–H and O–H groups in total. The molecule has 1 heterocycles. The number of hydrogen-bond donors (Lipinski definition) is 2. The summed E-state index contributed by atoms with van der Waals surface area (Å²) >= 11 is 5.72. The smallest absolute Gasteiger partial charge is 0.258 e. The summed E-state index contributed by atoms with van der Waals surface area (Å²) in [5.41, 5.74) is 1.19. The number of benzene rings is 1. The van der Waals surface area contributed by atoms with Crippen molar-refractivity contribution in [2.75, 3.05) is 5.32 Å². The molecule has 0 aliphatic rings. The van der Waals surface area contributed by atoms with Crippen molar-refractivity contribution < 1.29 is 4.79 Å². The minimum Gasteiger partial charge on any atom is -0.322 e. The molecule has 76 valence electrons. The average molecular weight is 222 g/mol. The van der Waals surface area contributed by atoms with Crippen molar-refractivity contribution in [3.8, 4) is 0 Å². The fraction of sp³-hybridized carbons (Fsp3) is 0. The van der Waals surface area contributed by atoms with Crippen LogP contribution in [0, 0.1) is 0 Å². The van der Waals surface area contributed by atoms with E-state index in [4.69, 9.17) is 11.6 Å². The molecule has 4 nitrogen and oxygen atoms in total. The van der Waals surface area contributed by atoms with Crippen molar-refractivity contribution in [1.29, 1.82) is 0 Å². The number of halogens is 1. The largest absolute Gasteiger partial charge is 0.322 e. The van der Waals surface area contributed by atoms with Gasteiger partial charge in [-0.3, -0.25) is 9.89 Å². The van der Waals surface area contributed by atoms with E-state index in [0.29, 0.717) is 16.3 Å². The second-order valence-electron chi connectivity index (χ2n) is 2.95. The molecule has 0 spiro atoms. The highest BCUT2D eigenvalue weighted by Gasteiger charge is 2.06. The van der Waals surface area contributed by atoms with E-state index in [1.54, 1.807) is 24.3 Å². The van der Waals surface area contributed by atoms with Crippen molar-refractivity contribution in [3.05, 3.63) is 47.2 Å². The Morgan fingerprint density at radius 2 is 2.07 bits per heavy atom. The van der Waals surface area contributed by atoms with Crippen molar-refractivity contribution in [2.45, 2.75) is 0 Å². The van der Waals surface area contributed by atoms with Gasteiger partial charge in [0.15, 0.2) is 0 Å². The number of nitrogens with one attached hydrogen (secondary N) is 2. The SMILES string of the molecule is O=C(Nc1ccc(Cl)cc1)c1cn[nH]c1. The molecule has 2 rings (SSSR count). The molecule has 0 aliphatic heterocycles. The predicted octanol–water partition coefficient (Wildman–Crippen LogP) is 2.32. The molecule has 0 unspecified atom stereocenters. The molecule has 0 saturated carbocycles. The molecule has 0 bridgehead atoms. The van der Waals surface area contributed by atoms with Gasteiger partial charge in [0, 0.05) is 16.9 Å². The first-order valence-corrected chi connectivity index (χ1v) is 4.69. The highest BCUT2D eigenvalue weighted by Crippen LogP contribution is 2.14. The quantitative estimate of drug-likeness (QED) is 0.818. The lowest BCUT2D eigenvalue weighted by atomic mass is 10.3. The van der Waals surface area contributed by atoms with Gasteiger partial charge in [-0.25, -0.2) is 0 Å². The third-order valence-electron chi connectivity index (χ3n) is 1.86. The van der Waals surface area contributed by atoms with Crippen LogP contribution in [0.2, 0.25) is 5.02 Å². The van der Waals surface area contributed by atoms with Gasteiger partial charge in [0.25, 0.3) is 5.91 Å². The zero-order valence-electron chi connectivity index (χ0n) is 7.70. The summed E-state index contributed by atoms with van der Waals surface area (Å²) in [6.07, 6.45) is 3.00. The maximum absolute atomic E-state index is 11.6. The van der Waals surface area contributed by atoms with Crippen LogP contribution in [-0.4, -0.2) is 16.1 Å². The lowest BCUT2D eigenvalue weighted by Gasteiger charge is -2.02. The molecule has 1 aromatic heterocycles. The van der Waals surface area contributed by atoms with E-state index in [-0.39, 0.29) is 5.91 Å². The first-order chi connectivity index (χ1) is 7.25. The Labute approximate surface area is 91.3 Å². The lowest BCUT2D eigenvalue weighted by Crippen LogP contribution is -2.10. The van der Waals surface area contributed by atoms with E-state index in [2.05, 4.69) is 15.5 Å². The molecule has 5 heteroatoms. The maximum Gasteiger partial charge on any atom is 0.258 e. The van der Waals surface area contributed by atoms with Gasteiger partial charge in [0.1, 0.15) is 0 Å². The number of hydrogen-bond acceptors (Lipinski definition) is 2. The highest BCUT2D eigenvalue weighted by molar-refractivity contribution is 6.30. The summed E-state index contributed by atoms with van der Waals surface area (Å²) in [5, 5.41) is 9.62. The lowest BCUT2D eigenvalue weighted by molar-refractivity contribution is 0.102. The van der Waals surface area contributed by atoms with Gasteiger partial charge in [0.2, 0.25) is 0 Å². The average Bonchev–Trinajstić information content (AvgIpc) is 2.74. The Hall–Kier alpha value is -1.81. The van der Waals surface area contributed by atoms with Crippen LogP contribution in [0.5, 0.6) is 0 Å². The van der Waals surface area contributed by atoms with Crippen molar-refractivity contribution >= 4 is 23.2 Å². The number of amides is 1. The number of carbonyl (C=O) groups excluding carboxylic acids is 1. The second-order valence-corrected chi connectivity index (χ2v) is 3.38. The Morgan fingerprint density at radius 3 is 2.67 bits per heavy atom. The van der Waals surface area contributed by atoms with E-state index in [1.807, 2.05) is 0 Å². The topological polar surface area (TPSA) is 57.8 Å². The molecule has 1 aromatic carbocycles. The van der Waals surface area contributed by atoms with Crippen molar-refractivity contribution in [3.63, 3.8) is 0 Å². The Kier molecular flexibility index (Phi) is 2.69. The van der Waals surface area contributed by atoms with E-state index in [9.17, 15) is 4.79 Å². The van der Waals surface area contributed by atoms with Gasteiger partial charge in [-0.15, -0.1) is 0 Å². The van der Waals surface area contributed by atoms with Crippen LogP contribution in [0.25, 0.3) is 0 Å². The van der Waals surface area contributed by atoms with Gasteiger partial charge >= 0.3 is 0 Å². The van der Waals surface area contributed by atoms with Crippen molar-refractivity contribution in [1.82, 2.24) is 10.2 Å². The van der Waals surface area contributed by atoms with Crippen LogP contribution in [0.4, 0.5) is 5.69 Å². The summed E-state index contributed by atoms with van der Waals surface area (Å²) in [6.45, 7) is 0. The summed E-state index contributed by atoms with van der Waals surface area (Å²) in [4.78, 5) is 11.6. The van der Waals surface area contributed by atoms with Gasteiger partial charge in [-0.05, 0) is 24.3 Å². The van der Waals surface area contributed by atoms with E-state index >= 15 is 0 Å². The zero-order chi connectivity index (χ0) is 10.7. The molecule has 0 radical (unpaired) electrons. The number of H-pyrrole nitrogens is 1. The number of nitrogens with zero attached hydrogens (tertiary/aromatic N) is 1. The Bertz CT molecular complexity index is 450. The first kappa shape index (κ1) is 9.73. The molecule has 0 atom stereocenters. The molecular formula is C10H8ClN3O. The second kappa shape index (κ2) is 4.14. The molecular weight excluding hydrogens is 214 g/mol. The number of rotatable bonds is 2. The van der Waals surface area contributed by atoms with Gasteiger partial charge in [-0.1, -0.05) is 11.6 Å². The Balaban J connectivity index is 2.09. The van der Waals surface area contributed by atoms with E-state index < -0.39 is 0 Å². The molecule has 0 fully saturated rings. The van der Waals surface area contributed by atoms with E-state index in [0.717, 1.165) is 0 Å². The van der Waals surface area contributed by atoms with Crippen LogP contribution >= 0.6 is 11.6 Å². The minimum absolute atomic E-state index is 0.203. The summed E-state index contributed by atoms with van der Waals surface area (Å²) < 4.78 is 0. The third kappa shape index (κ3) is 2.35. The van der Waals surface area contributed by atoms with Gasteiger partial charge in [-0.2, -0.15) is 5.10 Å². The monoisotopic (exact) mass is 221 g/mol. The predicted molar refractivity (Wildman–Crippen MR) is 58.0 cm³/mol. The fourth-order valence-corrected chi connectivity index (χ4v) is 1.24. The minimum atomic E-state index is -0.203. The van der Waals surface area contributed by atoms with Crippen LogP contribution < -0.4 is 5.32 Å². The molecule has 0 saturated heterocycles. The van der Waals surface area contributed by atoms with Crippen LogP contribution in [0.15, 0.2) is 36.7 Å². The van der Waals surface area contributed by atoms with Crippen molar-refractivity contribution in [2.24, 2.45) is 0 Å². The molecule has 0 aliphatic carbocycles. The number of aromatic amines is 1. The standard InChI is InChI=1S/C10H8ClN3O/c11-8-1-3-9(4-2-8)14-10(15)7-5-12-13-6-7/h1-6H,(H,12,13)(H,14,15). The highest BCUT2D eigenvalue weighted by atomic mass is 35.5. The van der Waals surface area contributed by atoms with Gasteiger partial charge in [0.05, 0.1) is 11.8 Å². The fourth-order valence-electron chi connectivity index (χ4n) is 1.11. The maximum atomic E-state index is 11.6. The van der Waals surface area contributed by atoms with Crippen LogP contribution in [-0.2, 0) is 0 Å². The molecule has 15 heavy (non-hydrogen) atoms. The number of carbonyl (C=O) groups is 1.